The minimum atomic E-state index is -0.281. The number of fused-ring (bicyclic) bond motifs is 9. The normalized spacial score (nSPS) is 14.8. The lowest BCUT2D eigenvalue weighted by molar-refractivity contribution is 0.661. The molecular weight excluding hydrogens is 516 g/mol. The van der Waals surface area contributed by atoms with Gasteiger partial charge in [-0.05, 0) is 112 Å². The van der Waals surface area contributed by atoms with Crippen LogP contribution in [-0.4, -0.2) is 0 Å². The minimum Gasteiger partial charge on any atom is -0.0616 e. The van der Waals surface area contributed by atoms with Crippen LogP contribution >= 0.6 is 0 Å². The van der Waals surface area contributed by atoms with E-state index in [0.29, 0.717) is 22.3 Å². The molecular formula is C43H30. The lowest BCUT2D eigenvalue weighted by Crippen LogP contribution is -2.15. The molecule has 8 aromatic rings. The number of rotatable bonds is 2. The summed E-state index contributed by atoms with van der Waals surface area (Å²) in [5.74, 6) is 0. The molecule has 0 bridgehead atoms. The standard InChI is InChI=1S/C43H30/c1-43(2)40-22-20-28-9-5-6-12-34(28)42(40)37-21-19-32(26-41(37)43)27-15-17-29(18-16-27)38-25-33-23-30-10-3-4-11-31(30)24-39(33)36-14-8-7-13-35(36)38/h3-26H,1-2H3/i15D,16D,17D,18D. The lowest BCUT2D eigenvalue weighted by Gasteiger charge is -2.22. The Bertz CT molecular complexity index is 2620. The molecule has 0 fully saturated rings. The molecule has 0 N–H and O–H groups in total. The summed E-state index contributed by atoms with van der Waals surface area (Å²) in [5, 5.41) is 8.73. The smallest absolute Gasteiger partial charge is 0.0616 e. The zero-order valence-corrected chi connectivity index (χ0v) is 24.0. The largest absolute Gasteiger partial charge is 0.0629 e. The summed E-state index contributed by atoms with van der Waals surface area (Å²) in [7, 11) is 0. The topological polar surface area (TPSA) is 0 Å². The van der Waals surface area contributed by atoms with E-state index in [4.69, 9.17) is 0 Å². The van der Waals surface area contributed by atoms with Gasteiger partial charge in [0, 0.05) is 5.41 Å². The highest BCUT2D eigenvalue weighted by atomic mass is 14.4. The van der Waals surface area contributed by atoms with Crippen molar-refractivity contribution in [2.45, 2.75) is 19.3 Å². The van der Waals surface area contributed by atoms with Crippen molar-refractivity contribution in [2.24, 2.45) is 0 Å². The molecule has 202 valence electrons. The van der Waals surface area contributed by atoms with Crippen molar-refractivity contribution >= 4 is 43.1 Å². The van der Waals surface area contributed by atoms with Crippen LogP contribution in [0, 0.1) is 0 Å². The molecule has 9 rings (SSSR count). The van der Waals surface area contributed by atoms with Gasteiger partial charge in [0.2, 0.25) is 0 Å². The second-order valence-corrected chi connectivity index (χ2v) is 12.2. The highest BCUT2D eigenvalue weighted by Gasteiger charge is 2.36. The van der Waals surface area contributed by atoms with Crippen molar-refractivity contribution < 1.29 is 5.48 Å². The van der Waals surface area contributed by atoms with E-state index in [0.717, 1.165) is 43.4 Å². The van der Waals surface area contributed by atoms with E-state index >= 15 is 0 Å². The van der Waals surface area contributed by atoms with Crippen LogP contribution in [-0.2, 0) is 5.41 Å². The van der Waals surface area contributed by atoms with Gasteiger partial charge in [0.05, 0.1) is 5.48 Å². The molecule has 8 aromatic carbocycles. The van der Waals surface area contributed by atoms with Gasteiger partial charge >= 0.3 is 0 Å². The first-order valence-electron chi connectivity index (χ1n) is 16.9. The predicted octanol–water partition coefficient (Wildman–Crippen LogP) is 11.9. The van der Waals surface area contributed by atoms with Crippen LogP contribution < -0.4 is 0 Å². The predicted molar refractivity (Wildman–Crippen MR) is 185 cm³/mol. The molecule has 0 amide bonds. The zero-order valence-electron chi connectivity index (χ0n) is 28.0. The first-order valence-corrected chi connectivity index (χ1v) is 14.9. The van der Waals surface area contributed by atoms with Gasteiger partial charge in [-0.25, -0.2) is 0 Å². The zero-order chi connectivity index (χ0) is 32.2. The Morgan fingerprint density at radius 1 is 0.419 bits per heavy atom. The van der Waals surface area contributed by atoms with Gasteiger partial charge < -0.3 is 0 Å². The Hall–Kier alpha value is -5.20. The molecule has 0 nitrogen and oxygen atoms in total. The monoisotopic (exact) mass is 550 g/mol. The summed E-state index contributed by atoms with van der Waals surface area (Å²) in [5.41, 5.74) is 6.58. The van der Waals surface area contributed by atoms with Gasteiger partial charge in [0.15, 0.2) is 0 Å². The Balaban J connectivity index is 1.26. The highest BCUT2D eigenvalue weighted by Crippen LogP contribution is 2.52. The number of hydrogen-bond acceptors (Lipinski definition) is 0. The second kappa shape index (κ2) is 8.90. The average molecular weight is 551 g/mol. The fourth-order valence-corrected chi connectivity index (χ4v) is 7.26. The first kappa shape index (κ1) is 20.6. The van der Waals surface area contributed by atoms with Crippen LogP contribution in [0.4, 0.5) is 0 Å². The fourth-order valence-electron chi connectivity index (χ4n) is 7.26. The molecule has 0 atom stereocenters. The molecule has 0 saturated heterocycles. The van der Waals surface area contributed by atoms with Gasteiger partial charge in [-0.15, -0.1) is 0 Å². The highest BCUT2D eigenvalue weighted by molar-refractivity contribution is 6.17. The van der Waals surface area contributed by atoms with Crippen LogP contribution in [0.15, 0.2) is 145 Å². The maximum atomic E-state index is 9.31. The van der Waals surface area contributed by atoms with E-state index in [1.807, 2.05) is 42.5 Å². The number of hydrogen-bond donors (Lipinski definition) is 0. The van der Waals surface area contributed by atoms with Crippen molar-refractivity contribution in [1.82, 2.24) is 0 Å². The fraction of sp³-hybridized carbons (Fsp3) is 0.0698. The molecule has 0 aliphatic heterocycles. The molecule has 43 heavy (non-hydrogen) atoms. The van der Waals surface area contributed by atoms with E-state index < -0.39 is 0 Å². The molecule has 0 aromatic heterocycles. The molecule has 0 heterocycles. The van der Waals surface area contributed by atoms with E-state index in [9.17, 15) is 5.48 Å². The summed E-state index contributed by atoms with van der Waals surface area (Å²) in [6.07, 6.45) is 0. The summed E-state index contributed by atoms with van der Waals surface area (Å²) < 4.78 is 37.2. The Kier molecular flexibility index (Phi) is 4.27. The van der Waals surface area contributed by atoms with Crippen LogP contribution in [0.3, 0.4) is 0 Å². The third-order valence-electron chi connectivity index (χ3n) is 9.47. The molecule has 1 aliphatic rings. The SMILES string of the molecule is [2H]c1c([2H])c(-c2cc3cc4ccccc4cc3c3ccccc23)c([2H])c([2H])c1-c1ccc2c(c1)C(C)(C)c1ccc3ccccc3c1-2. The van der Waals surface area contributed by atoms with Gasteiger partial charge in [-0.3, -0.25) is 0 Å². The lowest BCUT2D eigenvalue weighted by atomic mass is 9.81. The van der Waals surface area contributed by atoms with E-state index in [1.165, 1.54) is 21.9 Å². The molecule has 0 saturated carbocycles. The van der Waals surface area contributed by atoms with Crippen molar-refractivity contribution in [3.63, 3.8) is 0 Å². The summed E-state index contributed by atoms with van der Waals surface area (Å²) >= 11 is 0. The summed E-state index contributed by atoms with van der Waals surface area (Å²) in [6.45, 7) is 4.45. The maximum Gasteiger partial charge on any atom is 0.0629 e. The average Bonchev–Trinajstić information content (AvgIpc) is 3.32. The Morgan fingerprint density at radius 3 is 1.86 bits per heavy atom. The molecule has 1 aliphatic carbocycles. The molecule has 0 unspecified atom stereocenters. The van der Waals surface area contributed by atoms with Gasteiger partial charge in [-0.1, -0.05) is 135 Å². The minimum absolute atomic E-state index is 0.0255. The third kappa shape index (κ3) is 3.57. The maximum absolute atomic E-state index is 9.31. The third-order valence-corrected chi connectivity index (χ3v) is 9.47. The summed E-state index contributed by atoms with van der Waals surface area (Å²) in [6, 6.07) is 41.6. The quantitative estimate of drug-likeness (QED) is 0.148. The summed E-state index contributed by atoms with van der Waals surface area (Å²) in [4.78, 5) is 0. The molecule has 0 heteroatoms. The van der Waals surface area contributed by atoms with Crippen LogP contribution in [0.2, 0.25) is 0 Å². The second-order valence-electron chi connectivity index (χ2n) is 12.2. The van der Waals surface area contributed by atoms with Crippen molar-refractivity contribution in [3.05, 3.63) is 157 Å². The molecule has 0 spiro atoms. The first-order chi connectivity index (χ1) is 22.7. The van der Waals surface area contributed by atoms with E-state index in [1.54, 1.807) is 0 Å². The van der Waals surface area contributed by atoms with E-state index in [2.05, 4.69) is 92.7 Å². The van der Waals surface area contributed by atoms with Crippen LogP contribution in [0.25, 0.3) is 76.5 Å². The van der Waals surface area contributed by atoms with Crippen LogP contribution in [0.5, 0.6) is 0 Å². The van der Waals surface area contributed by atoms with Crippen molar-refractivity contribution in [1.29, 1.82) is 0 Å². The van der Waals surface area contributed by atoms with Gasteiger partial charge in [0.25, 0.3) is 0 Å². The molecule has 0 radical (unpaired) electrons. The van der Waals surface area contributed by atoms with E-state index in [-0.39, 0.29) is 29.6 Å². The Morgan fingerprint density at radius 2 is 1.07 bits per heavy atom. The Labute approximate surface area is 257 Å². The van der Waals surface area contributed by atoms with Gasteiger partial charge in [0.1, 0.15) is 0 Å². The van der Waals surface area contributed by atoms with Crippen LogP contribution in [0.1, 0.15) is 30.5 Å². The van der Waals surface area contributed by atoms with Crippen molar-refractivity contribution in [3.8, 4) is 33.4 Å². The number of benzene rings is 8. The van der Waals surface area contributed by atoms with Gasteiger partial charge in [-0.2, -0.15) is 0 Å². The van der Waals surface area contributed by atoms with Crippen molar-refractivity contribution in [2.75, 3.05) is 0 Å².